The fourth-order valence-electron chi connectivity index (χ4n) is 1.41. The molecule has 98 valence electrons. The molecule has 0 bridgehead atoms. The standard InChI is InChI=1S/C8H16.C7H17N/c1-4-5-6-7-8(2)3;1-3-4-5-6-7-8-2/h2,4-7H2,1,3H3;8H,3-7H2,1-2H3. The SMILES string of the molecule is C=C(C)CCCCC.CCCCCCNC. The van der Waals surface area contributed by atoms with Gasteiger partial charge in [0.2, 0.25) is 0 Å². The van der Waals surface area contributed by atoms with Crippen molar-refractivity contribution in [3.8, 4) is 0 Å². The molecule has 0 rings (SSSR count). The van der Waals surface area contributed by atoms with Crippen molar-refractivity contribution in [2.45, 2.75) is 72.1 Å². The normalized spacial score (nSPS) is 9.50. The summed E-state index contributed by atoms with van der Waals surface area (Å²) in [5.41, 5.74) is 1.32. The zero-order valence-electron chi connectivity index (χ0n) is 12.1. The number of hydrogen-bond acceptors (Lipinski definition) is 1. The molecule has 0 aliphatic rings. The van der Waals surface area contributed by atoms with E-state index in [9.17, 15) is 0 Å². The fourth-order valence-corrected chi connectivity index (χ4v) is 1.41. The van der Waals surface area contributed by atoms with Crippen LogP contribution in [0.1, 0.15) is 72.1 Å². The van der Waals surface area contributed by atoms with E-state index in [0.717, 1.165) is 0 Å². The second-order valence-electron chi connectivity index (χ2n) is 4.58. The van der Waals surface area contributed by atoms with Crippen LogP contribution >= 0.6 is 0 Å². The molecule has 16 heavy (non-hydrogen) atoms. The van der Waals surface area contributed by atoms with E-state index in [0.29, 0.717) is 0 Å². The summed E-state index contributed by atoms with van der Waals surface area (Å²) in [4.78, 5) is 0. The minimum Gasteiger partial charge on any atom is -0.320 e. The van der Waals surface area contributed by atoms with E-state index < -0.39 is 0 Å². The molecule has 0 fully saturated rings. The van der Waals surface area contributed by atoms with Crippen LogP contribution < -0.4 is 5.32 Å². The Hall–Kier alpha value is -0.300. The number of rotatable bonds is 9. The summed E-state index contributed by atoms with van der Waals surface area (Å²) in [7, 11) is 2.01. The number of unbranched alkanes of at least 4 members (excludes halogenated alkanes) is 5. The van der Waals surface area contributed by atoms with E-state index in [-0.39, 0.29) is 0 Å². The van der Waals surface area contributed by atoms with Crippen molar-refractivity contribution in [2.24, 2.45) is 0 Å². The monoisotopic (exact) mass is 227 g/mol. The average Bonchev–Trinajstić information content (AvgIpc) is 2.25. The molecule has 0 aromatic carbocycles. The van der Waals surface area contributed by atoms with Gasteiger partial charge in [-0.2, -0.15) is 0 Å². The maximum absolute atomic E-state index is 3.83. The minimum atomic E-state index is 1.18. The van der Waals surface area contributed by atoms with Gasteiger partial charge in [0.05, 0.1) is 0 Å². The summed E-state index contributed by atoms with van der Waals surface area (Å²) in [6.07, 6.45) is 10.7. The Balaban J connectivity index is 0. The molecule has 1 nitrogen and oxygen atoms in total. The van der Waals surface area contributed by atoms with Gasteiger partial charge in [-0.25, -0.2) is 0 Å². The molecule has 0 aromatic rings. The van der Waals surface area contributed by atoms with Gasteiger partial charge < -0.3 is 5.32 Å². The third-order valence-electron chi connectivity index (χ3n) is 2.49. The lowest BCUT2D eigenvalue weighted by molar-refractivity contribution is 0.634. The van der Waals surface area contributed by atoms with Crippen molar-refractivity contribution >= 4 is 0 Å². The number of hydrogen-bond donors (Lipinski definition) is 1. The Morgan fingerprint density at radius 3 is 1.94 bits per heavy atom. The first-order valence-corrected chi connectivity index (χ1v) is 6.97. The molecule has 0 aromatic heterocycles. The largest absolute Gasteiger partial charge is 0.320 e. The van der Waals surface area contributed by atoms with Crippen LogP contribution in [0.2, 0.25) is 0 Å². The maximum atomic E-state index is 3.83. The Kier molecular flexibility index (Phi) is 19.3. The van der Waals surface area contributed by atoms with Crippen molar-refractivity contribution in [1.82, 2.24) is 5.32 Å². The molecule has 0 saturated heterocycles. The lowest BCUT2D eigenvalue weighted by Gasteiger charge is -1.95. The van der Waals surface area contributed by atoms with Crippen LogP contribution in [0.5, 0.6) is 0 Å². The third-order valence-corrected chi connectivity index (χ3v) is 2.49. The molecular formula is C15H33N. The third kappa shape index (κ3) is 23.5. The van der Waals surface area contributed by atoms with Gasteiger partial charge in [0.15, 0.2) is 0 Å². The smallest absolute Gasteiger partial charge is 0.00519 e. The Labute approximate surface area is 104 Å². The van der Waals surface area contributed by atoms with Crippen molar-refractivity contribution in [1.29, 1.82) is 0 Å². The fraction of sp³-hybridized carbons (Fsp3) is 0.867. The van der Waals surface area contributed by atoms with E-state index in [1.165, 1.54) is 63.5 Å². The molecule has 0 atom stereocenters. The number of nitrogens with one attached hydrogen (secondary N) is 1. The zero-order valence-corrected chi connectivity index (χ0v) is 12.1. The zero-order chi connectivity index (χ0) is 12.6. The molecule has 1 heteroatoms. The van der Waals surface area contributed by atoms with Gasteiger partial charge in [-0.15, -0.1) is 6.58 Å². The predicted octanol–water partition coefficient (Wildman–Crippen LogP) is 4.93. The van der Waals surface area contributed by atoms with Crippen LogP contribution in [0.3, 0.4) is 0 Å². The molecule has 0 heterocycles. The van der Waals surface area contributed by atoms with Gasteiger partial charge in [0.1, 0.15) is 0 Å². The summed E-state index contributed by atoms with van der Waals surface area (Å²) in [5, 5.41) is 3.13. The molecule has 0 radical (unpaired) electrons. The summed E-state index contributed by atoms with van der Waals surface area (Å²) in [6.45, 7) is 11.6. The quantitative estimate of drug-likeness (QED) is 0.435. The molecule has 0 saturated carbocycles. The Morgan fingerprint density at radius 2 is 1.50 bits per heavy atom. The lowest BCUT2D eigenvalue weighted by Crippen LogP contribution is -2.06. The van der Waals surface area contributed by atoms with Gasteiger partial charge in [-0.05, 0) is 39.8 Å². The Morgan fingerprint density at radius 1 is 0.938 bits per heavy atom. The summed E-state index contributed by atoms with van der Waals surface area (Å²) < 4.78 is 0. The van der Waals surface area contributed by atoms with Gasteiger partial charge in [-0.3, -0.25) is 0 Å². The highest BCUT2D eigenvalue weighted by Gasteiger charge is 1.84. The van der Waals surface area contributed by atoms with Crippen LogP contribution in [0.15, 0.2) is 12.2 Å². The summed E-state index contributed by atoms with van der Waals surface area (Å²) >= 11 is 0. The lowest BCUT2D eigenvalue weighted by atomic mass is 10.1. The summed E-state index contributed by atoms with van der Waals surface area (Å²) in [5.74, 6) is 0. The molecule has 0 spiro atoms. The van der Waals surface area contributed by atoms with E-state index >= 15 is 0 Å². The van der Waals surface area contributed by atoms with Gasteiger partial charge >= 0.3 is 0 Å². The van der Waals surface area contributed by atoms with Crippen molar-refractivity contribution in [2.75, 3.05) is 13.6 Å². The summed E-state index contributed by atoms with van der Waals surface area (Å²) in [6, 6.07) is 0. The average molecular weight is 227 g/mol. The van der Waals surface area contributed by atoms with Crippen LogP contribution in [-0.2, 0) is 0 Å². The van der Waals surface area contributed by atoms with Gasteiger partial charge in [0, 0.05) is 0 Å². The second kappa shape index (κ2) is 17.1. The van der Waals surface area contributed by atoms with Crippen LogP contribution in [0.25, 0.3) is 0 Å². The molecule has 1 N–H and O–H groups in total. The van der Waals surface area contributed by atoms with E-state index in [2.05, 4.69) is 32.7 Å². The first-order chi connectivity index (χ1) is 7.68. The molecule has 0 aliphatic carbocycles. The second-order valence-corrected chi connectivity index (χ2v) is 4.58. The van der Waals surface area contributed by atoms with Crippen molar-refractivity contribution in [3.63, 3.8) is 0 Å². The maximum Gasteiger partial charge on any atom is -0.00519 e. The van der Waals surface area contributed by atoms with E-state index in [4.69, 9.17) is 0 Å². The predicted molar refractivity (Wildman–Crippen MR) is 77.0 cm³/mol. The first kappa shape index (κ1) is 18.1. The van der Waals surface area contributed by atoms with Crippen LogP contribution in [0, 0.1) is 0 Å². The van der Waals surface area contributed by atoms with Crippen LogP contribution in [-0.4, -0.2) is 13.6 Å². The number of allylic oxidation sites excluding steroid dienone is 1. The Bertz CT molecular complexity index is 123. The minimum absolute atomic E-state index is 1.18. The van der Waals surface area contributed by atoms with Gasteiger partial charge in [0.25, 0.3) is 0 Å². The topological polar surface area (TPSA) is 12.0 Å². The van der Waals surface area contributed by atoms with Crippen molar-refractivity contribution < 1.29 is 0 Å². The van der Waals surface area contributed by atoms with Gasteiger partial charge in [-0.1, -0.05) is 51.5 Å². The first-order valence-electron chi connectivity index (χ1n) is 6.97. The highest BCUT2D eigenvalue weighted by molar-refractivity contribution is 4.86. The highest BCUT2D eigenvalue weighted by atomic mass is 14.8. The molecular weight excluding hydrogens is 194 g/mol. The molecule has 0 unspecified atom stereocenters. The molecule has 0 amide bonds. The van der Waals surface area contributed by atoms with Crippen molar-refractivity contribution in [3.05, 3.63) is 12.2 Å². The molecule has 0 aliphatic heterocycles. The van der Waals surface area contributed by atoms with E-state index in [1.54, 1.807) is 0 Å². The van der Waals surface area contributed by atoms with Crippen LogP contribution in [0.4, 0.5) is 0 Å². The van der Waals surface area contributed by atoms with E-state index in [1.807, 2.05) is 7.05 Å². The highest BCUT2D eigenvalue weighted by Crippen LogP contribution is 2.04.